The molecule has 6 heteroatoms. The zero-order valence-electron chi connectivity index (χ0n) is 12.8. The number of nitrogens with one attached hydrogen (secondary N) is 2. The van der Waals surface area contributed by atoms with E-state index in [2.05, 4.69) is 10.6 Å². The molecule has 23 heavy (non-hydrogen) atoms. The van der Waals surface area contributed by atoms with Crippen LogP contribution in [0, 0.1) is 0 Å². The molecule has 0 saturated heterocycles. The van der Waals surface area contributed by atoms with E-state index in [1.807, 2.05) is 36.4 Å². The summed E-state index contributed by atoms with van der Waals surface area (Å²) in [6.07, 6.45) is 0. The van der Waals surface area contributed by atoms with Crippen LogP contribution in [-0.4, -0.2) is 26.3 Å². The zero-order chi connectivity index (χ0) is 16.5. The number of para-hydroxylation sites is 2. The average Bonchev–Trinajstić information content (AvgIpc) is 2.58. The lowest BCUT2D eigenvalue weighted by molar-refractivity contribution is 0.235. The van der Waals surface area contributed by atoms with Gasteiger partial charge in [-0.05, 0) is 29.8 Å². The van der Waals surface area contributed by atoms with Crippen molar-refractivity contribution in [2.24, 2.45) is 0 Å². The number of hydrogen-bond acceptors (Lipinski definition) is 3. The Morgan fingerprint density at radius 1 is 1.04 bits per heavy atom. The molecule has 0 unspecified atom stereocenters. The molecule has 0 aliphatic rings. The summed E-state index contributed by atoms with van der Waals surface area (Å²) < 4.78 is 10.8. The van der Waals surface area contributed by atoms with Crippen molar-refractivity contribution in [1.82, 2.24) is 10.6 Å². The lowest BCUT2D eigenvalue weighted by atomic mass is 10.2. The van der Waals surface area contributed by atoms with Gasteiger partial charge in [-0.25, -0.2) is 4.79 Å². The standard InChI is InChI=1S/C17H19ClN2O3/c1-22-15-4-2-3-5-16(15)23-11-10-19-17(21)20-12-13-6-8-14(18)9-7-13/h2-9H,10-12H2,1H3,(H2,19,20,21). The minimum absolute atomic E-state index is 0.247. The third-order valence-electron chi connectivity index (χ3n) is 3.08. The van der Waals surface area contributed by atoms with Gasteiger partial charge in [0.2, 0.25) is 0 Å². The first-order valence-corrected chi connectivity index (χ1v) is 7.59. The van der Waals surface area contributed by atoms with Gasteiger partial charge in [-0.2, -0.15) is 0 Å². The Hall–Kier alpha value is -2.40. The number of carbonyl (C=O) groups excluding carboxylic acids is 1. The maximum absolute atomic E-state index is 11.7. The van der Waals surface area contributed by atoms with Crippen LogP contribution >= 0.6 is 11.6 Å². The molecule has 0 atom stereocenters. The summed E-state index contributed by atoms with van der Waals surface area (Å²) in [6, 6.07) is 14.4. The van der Waals surface area contributed by atoms with E-state index in [9.17, 15) is 4.79 Å². The summed E-state index contributed by atoms with van der Waals surface area (Å²) in [7, 11) is 1.59. The highest BCUT2D eigenvalue weighted by molar-refractivity contribution is 6.30. The number of urea groups is 1. The molecule has 5 nitrogen and oxygen atoms in total. The van der Waals surface area contributed by atoms with Crippen molar-refractivity contribution >= 4 is 17.6 Å². The Labute approximate surface area is 140 Å². The largest absolute Gasteiger partial charge is 0.493 e. The lowest BCUT2D eigenvalue weighted by Gasteiger charge is -2.11. The quantitative estimate of drug-likeness (QED) is 0.764. The Bertz CT molecular complexity index is 632. The van der Waals surface area contributed by atoms with Gasteiger partial charge in [-0.3, -0.25) is 0 Å². The van der Waals surface area contributed by atoms with Crippen LogP contribution in [0.5, 0.6) is 11.5 Å². The molecule has 0 aliphatic heterocycles. The molecule has 2 aromatic rings. The molecule has 0 aliphatic carbocycles. The van der Waals surface area contributed by atoms with Gasteiger partial charge < -0.3 is 20.1 Å². The summed E-state index contributed by atoms with van der Waals surface area (Å²) in [4.78, 5) is 11.7. The van der Waals surface area contributed by atoms with Crippen LogP contribution in [0.1, 0.15) is 5.56 Å². The van der Waals surface area contributed by atoms with Crippen LogP contribution in [0.25, 0.3) is 0 Å². The molecule has 0 aromatic heterocycles. The molecule has 0 bridgehead atoms. The van der Waals surface area contributed by atoms with Gasteiger partial charge in [0.05, 0.1) is 13.7 Å². The van der Waals surface area contributed by atoms with Gasteiger partial charge in [-0.15, -0.1) is 0 Å². The lowest BCUT2D eigenvalue weighted by Crippen LogP contribution is -2.37. The minimum Gasteiger partial charge on any atom is -0.493 e. The third-order valence-corrected chi connectivity index (χ3v) is 3.33. The van der Waals surface area contributed by atoms with Gasteiger partial charge >= 0.3 is 6.03 Å². The normalized spacial score (nSPS) is 10.0. The molecule has 0 saturated carbocycles. The van der Waals surface area contributed by atoms with Crippen molar-refractivity contribution in [3.63, 3.8) is 0 Å². The molecule has 0 radical (unpaired) electrons. The van der Waals surface area contributed by atoms with E-state index >= 15 is 0 Å². The molecular weight excluding hydrogens is 316 g/mol. The molecule has 2 aromatic carbocycles. The summed E-state index contributed by atoms with van der Waals surface area (Å²) in [5.74, 6) is 1.32. The summed E-state index contributed by atoms with van der Waals surface area (Å²) >= 11 is 5.81. The van der Waals surface area contributed by atoms with Gasteiger partial charge in [0.1, 0.15) is 6.61 Å². The van der Waals surface area contributed by atoms with Gasteiger partial charge in [0, 0.05) is 11.6 Å². The van der Waals surface area contributed by atoms with Crippen LogP contribution in [0.3, 0.4) is 0 Å². The molecule has 0 fully saturated rings. The van der Waals surface area contributed by atoms with Gasteiger partial charge in [0.25, 0.3) is 0 Å². The van der Waals surface area contributed by atoms with Crippen molar-refractivity contribution in [3.8, 4) is 11.5 Å². The molecule has 2 N–H and O–H groups in total. The first kappa shape index (κ1) is 17.0. The van der Waals surface area contributed by atoms with Gasteiger partial charge in [-0.1, -0.05) is 35.9 Å². The van der Waals surface area contributed by atoms with Crippen molar-refractivity contribution in [2.75, 3.05) is 20.3 Å². The Kier molecular flexibility index (Phi) is 6.56. The second-order valence-corrected chi connectivity index (χ2v) is 5.17. The number of benzene rings is 2. The van der Waals surface area contributed by atoms with Crippen LogP contribution < -0.4 is 20.1 Å². The van der Waals surface area contributed by atoms with E-state index in [1.54, 1.807) is 19.2 Å². The molecule has 0 heterocycles. The van der Waals surface area contributed by atoms with Crippen molar-refractivity contribution in [3.05, 3.63) is 59.1 Å². The van der Waals surface area contributed by atoms with Crippen molar-refractivity contribution in [1.29, 1.82) is 0 Å². The molecule has 122 valence electrons. The fourth-order valence-electron chi connectivity index (χ4n) is 1.91. The Morgan fingerprint density at radius 2 is 1.74 bits per heavy atom. The predicted molar refractivity (Wildman–Crippen MR) is 90.2 cm³/mol. The Morgan fingerprint density at radius 3 is 2.43 bits per heavy atom. The number of halogens is 1. The highest BCUT2D eigenvalue weighted by Gasteiger charge is 2.03. The van der Waals surface area contributed by atoms with E-state index < -0.39 is 0 Å². The second-order valence-electron chi connectivity index (χ2n) is 4.74. The summed E-state index contributed by atoms with van der Waals surface area (Å²) in [6.45, 7) is 1.19. The molecular formula is C17H19ClN2O3. The maximum atomic E-state index is 11.7. The number of ether oxygens (including phenoxy) is 2. The van der Waals surface area contributed by atoms with E-state index in [0.717, 1.165) is 5.56 Å². The highest BCUT2D eigenvalue weighted by atomic mass is 35.5. The van der Waals surface area contributed by atoms with E-state index in [0.29, 0.717) is 36.2 Å². The summed E-state index contributed by atoms with van der Waals surface area (Å²) in [5, 5.41) is 6.17. The SMILES string of the molecule is COc1ccccc1OCCNC(=O)NCc1ccc(Cl)cc1. The highest BCUT2D eigenvalue weighted by Crippen LogP contribution is 2.25. The van der Waals surface area contributed by atoms with E-state index in [1.165, 1.54) is 0 Å². The van der Waals surface area contributed by atoms with Crippen LogP contribution in [0.4, 0.5) is 4.79 Å². The molecule has 2 amide bonds. The topological polar surface area (TPSA) is 59.6 Å². The second kappa shape index (κ2) is 8.90. The number of amides is 2. The fraction of sp³-hybridized carbons (Fsp3) is 0.235. The van der Waals surface area contributed by atoms with Crippen molar-refractivity contribution in [2.45, 2.75) is 6.54 Å². The fourth-order valence-corrected chi connectivity index (χ4v) is 2.04. The van der Waals surface area contributed by atoms with E-state index in [-0.39, 0.29) is 6.03 Å². The monoisotopic (exact) mass is 334 g/mol. The Balaban J connectivity index is 1.66. The number of carbonyl (C=O) groups is 1. The molecule has 2 rings (SSSR count). The van der Waals surface area contributed by atoms with Gasteiger partial charge in [0.15, 0.2) is 11.5 Å². The minimum atomic E-state index is -0.247. The molecule has 0 spiro atoms. The average molecular weight is 335 g/mol. The first-order valence-electron chi connectivity index (χ1n) is 7.21. The first-order chi connectivity index (χ1) is 11.2. The van der Waals surface area contributed by atoms with Crippen LogP contribution in [0.2, 0.25) is 5.02 Å². The third kappa shape index (κ3) is 5.71. The number of hydrogen-bond donors (Lipinski definition) is 2. The number of rotatable bonds is 7. The number of methoxy groups -OCH3 is 1. The summed E-state index contributed by atoms with van der Waals surface area (Å²) in [5.41, 5.74) is 0.981. The smallest absolute Gasteiger partial charge is 0.315 e. The zero-order valence-corrected chi connectivity index (χ0v) is 13.6. The van der Waals surface area contributed by atoms with Crippen molar-refractivity contribution < 1.29 is 14.3 Å². The van der Waals surface area contributed by atoms with Crippen LogP contribution in [-0.2, 0) is 6.54 Å². The predicted octanol–water partition coefficient (Wildman–Crippen LogP) is 3.23. The van der Waals surface area contributed by atoms with E-state index in [4.69, 9.17) is 21.1 Å². The maximum Gasteiger partial charge on any atom is 0.315 e. The van der Waals surface area contributed by atoms with Crippen LogP contribution in [0.15, 0.2) is 48.5 Å².